The average molecular weight is 1250 g/mol. The lowest BCUT2D eigenvalue weighted by Gasteiger charge is -2.29. The summed E-state index contributed by atoms with van der Waals surface area (Å²) >= 11 is 5.92. The molecule has 490 valence electrons. The number of aliphatic hydroxyl groups is 4. The highest BCUT2D eigenvalue weighted by Crippen LogP contribution is 2.14. The first-order valence-corrected chi connectivity index (χ1v) is 29.8. The number of cyclic esters (lactones) is 1. The maximum atomic E-state index is 14.3. The van der Waals surface area contributed by atoms with Crippen molar-refractivity contribution in [1.82, 2.24) is 53.2 Å². The first kappa shape index (κ1) is 77.4. The Hall–Kier alpha value is -6.61. The summed E-state index contributed by atoms with van der Waals surface area (Å²) in [6, 6.07) is -15.6. The molecule has 0 radical (unpaired) electrons. The van der Waals surface area contributed by atoms with Crippen molar-refractivity contribution in [3.05, 3.63) is 11.8 Å². The lowest BCUT2D eigenvalue weighted by Crippen LogP contribution is -2.63. The number of amides is 10. The van der Waals surface area contributed by atoms with Gasteiger partial charge >= 0.3 is 11.9 Å². The molecule has 0 bridgehead atoms. The summed E-state index contributed by atoms with van der Waals surface area (Å²) in [7, 11) is 0. The van der Waals surface area contributed by atoms with Crippen LogP contribution >= 0.6 is 11.6 Å². The standard InChI is InChI=1S/C54H94ClN13O18/c1-5-8-9-10-11-12-13-14-15-18-31(70)26-40(73)60-37-29-86-54(85)42(38(71)28-55)67-45(75)32(7-3)61-51(81)41(30(4)69)66-48(78)35(21-24-58)64-52(82)43(44(74)53(83)84)68-47(77)33(19-16-17-22-56)62-49(79)36(27-39(72)59-25-6-2)65-46(76)34(20-23-57)63-50(37)80/h7,30-31,33-38,41-44,69-71,74H,5-6,8-29,56-58H2,1-4H3,(H,59,72)(H,60,73)(H,61,81)(H,62,79)(H,63,80)(H,64,82)(H,65,76)(H,66,78)(H,67,75)(H,68,77)(H,83,84)/b32-7+/t30-,31+,33?,34?,35-,36-,37?,38+,41?,42?,43?,44-/m0/s1. The van der Waals surface area contributed by atoms with Crippen molar-refractivity contribution in [3.8, 4) is 0 Å². The van der Waals surface area contributed by atoms with Crippen molar-refractivity contribution in [3.63, 3.8) is 0 Å². The molecular formula is C54H94ClN13O18. The number of carbonyl (C=O) groups is 12. The fraction of sp³-hybridized carbons (Fsp3) is 0.741. The summed E-state index contributed by atoms with van der Waals surface area (Å²) in [4.78, 5) is 165. The number of nitrogens with two attached hydrogens (primary N) is 3. The number of allylic oxidation sites excluding steroid dienone is 1. The smallest absolute Gasteiger partial charge is 0.335 e. The van der Waals surface area contributed by atoms with Crippen LogP contribution in [-0.4, -0.2) is 208 Å². The second-order valence-corrected chi connectivity index (χ2v) is 21.1. The molecule has 10 amide bonds. The topological polar surface area (TPSA) is 514 Å². The van der Waals surface area contributed by atoms with Gasteiger partial charge in [0.25, 0.3) is 5.91 Å². The highest BCUT2D eigenvalue weighted by Gasteiger charge is 2.40. The van der Waals surface area contributed by atoms with Gasteiger partial charge in [-0.05, 0) is 78.4 Å². The number of aliphatic carboxylic acids is 1. The number of rotatable bonds is 30. The molecule has 1 aliphatic heterocycles. The van der Waals surface area contributed by atoms with E-state index in [1.54, 1.807) is 6.92 Å². The van der Waals surface area contributed by atoms with E-state index >= 15 is 0 Å². The van der Waals surface area contributed by atoms with E-state index in [1.807, 2.05) is 0 Å². The molecule has 0 spiro atoms. The molecule has 1 heterocycles. The summed E-state index contributed by atoms with van der Waals surface area (Å²) in [6.45, 7) is 4.55. The number of esters is 1. The van der Waals surface area contributed by atoms with E-state index in [2.05, 4.69) is 60.1 Å². The van der Waals surface area contributed by atoms with Gasteiger partial charge in [0.15, 0.2) is 12.1 Å². The van der Waals surface area contributed by atoms with Gasteiger partial charge in [0.1, 0.15) is 54.6 Å². The predicted octanol–water partition coefficient (Wildman–Crippen LogP) is -4.72. The fourth-order valence-corrected chi connectivity index (χ4v) is 8.75. The molecular weight excluding hydrogens is 1150 g/mol. The second-order valence-electron chi connectivity index (χ2n) is 20.8. The Bertz CT molecular complexity index is 2250. The molecule has 1 rings (SSSR count). The van der Waals surface area contributed by atoms with Gasteiger partial charge in [-0.1, -0.05) is 77.7 Å². The zero-order valence-electron chi connectivity index (χ0n) is 49.6. The van der Waals surface area contributed by atoms with Crippen LogP contribution in [0.3, 0.4) is 0 Å². The molecule has 86 heavy (non-hydrogen) atoms. The van der Waals surface area contributed by atoms with Gasteiger partial charge in [0.05, 0.1) is 37.0 Å². The van der Waals surface area contributed by atoms with Gasteiger partial charge in [0, 0.05) is 6.54 Å². The van der Waals surface area contributed by atoms with E-state index in [0.29, 0.717) is 12.8 Å². The summed E-state index contributed by atoms with van der Waals surface area (Å²) in [5.41, 5.74) is 16.6. The maximum Gasteiger partial charge on any atom is 0.335 e. The molecule has 12 atom stereocenters. The van der Waals surface area contributed by atoms with Crippen molar-refractivity contribution in [2.24, 2.45) is 17.2 Å². The number of alkyl halides is 1. The normalized spacial score (nSPS) is 24.0. The zero-order valence-corrected chi connectivity index (χ0v) is 50.4. The molecule has 31 nitrogen and oxygen atoms in total. The summed E-state index contributed by atoms with van der Waals surface area (Å²) in [5, 5.41) is 75.8. The van der Waals surface area contributed by atoms with Gasteiger partial charge in [0.2, 0.25) is 53.2 Å². The number of carboxylic acids is 1. The summed E-state index contributed by atoms with van der Waals surface area (Å²) in [6.07, 6.45) is 0.704. The highest BCUT2D eigenvalue weighted by molar-refractivity contribution is 6.18. The first-order chi connectivity index (χ1) is 40.8. The molecule has 0 aromatic carbocycles. The monoisotopic (exact) mass is 1250 g/mol. The molecule has 1 fully saturated rings. The Kier molecular flexibility index (Phi) is 38.8. The Labute approximate surface area is 505 Å². The Balaban J connectivity index is 4.08. The van der Waals surface area contributed by atoms with Crippen molar-refractivity contribution < 1.29 is 87.8 Å². The Morgan fingerprint density at radius 1 is 0.616 bits per heavy atom. The van der Waals surface area contributed by atoms with Crippen LogP contribution in [0.4, 0.5) is 0 Å². The van der Waals surface area contributed by atoms with E-state index in [1.165, 1.54) is 6.92 Å². The van der Waals surface area contributed by atoms with Crippen LogP contribution in [0.5, 0.6) is 0 Å². The predicted molar refractivity (Wildman–Crippen MR) is 311 cm³/mol. The van der Waals surface area contributed by atoms with E-state index in [0.717, 1.165) is 64.4 Å². The number of hydrogen-bond acceptors (Lipinski definition) is 20. The summed E-state index contributed by atoms with van der Waals surface area (Å²) < 4.78 is 5.39. The zero-order chi connectivity index (χ0) is 64.9. The van der Waals surface area contributed by atoms with Crippen LogP contribution in [0.25, 0.3) is 0 Å². The molecule has 32 heteroatoms. The molecule has 0 aliphatic carbocycles. The molecule has 0 aromatic rings. The second kappa shape index (κ2) is 43.1. The number of aliphatic hydroxyl groups excluding tert-OH is 4. The number of unbranched alkanes of at least 4 members (excludes halogenated alkanes) is 9. The third kappa shape index (κ3) is 29.2. The Morgan fingerprint density at radius 2 is 1.14 bits per heavy atom. The fourth-order valence-electron chi connectivity index (χ4n) is 8.57. The number of hydrogen-bond donors (Lipinski definition) is 18. The van der Waals surface area contributed by atoms with E-state index < -0.39 is 188 Å². The van der Waals surface area contributed by atoms with E-state index in [9.17, 15) is 83.1 Å². The number of carboxylic acid groups (broad SMARTS) is 1. The van der Waals surface area contributed by atoms with Crippen LogP contribution in [-0.2, 0) is 62.3 Å². The molecule has 0 aromatic heterocycles. The van der Waals surface area contributed by atoms with Crippen LogP contribution < -0.4 is 70.4 Å². The van der Waals surface area contributed by atoms with Gasteiger partial charge < -0.3 is 101 Å². The van der Waals surface area contributed by atoms with Crippen molar-refractivity contribution in [2.45, 2.75) is 216 Å². The summed E-state index contributed by atoms with van der Waals surface area (Å²) in [5.74, 6) is -16.3. The van der Waals surface area contributed by atoms with Crippen molar-refractivity contribution >= 4 is 82.6 Å². The molecule has 6 unspecified atom stereocenters. The van der Waals surface area contributed by atoms with Crippen LogP contribution in [0.1, 0.15) is 143 Å². The van der Waals surface area contributed by atoms with Crippen molar-refractivity contribution in [2.75, 3.05) is 38.7 Å². The largest absolute Gasteiger partial charge is 0.479 e. The number of halogens is 1. The number of ether oxygens (including phenoxy) is 1. The number of carbonyl (C=O) groups excluding carboxylic acids is 11. The third-order valence-corrected chi connectivity index (χ3v) is 13.9. The van der Waals surface area contributed by atoms with Gasteiger partial charge in [-0.15, -0.1) is 11.6 Å². The van der Waals surface area contributed by atoms with Crippen LogP contribution in [0.15, 0.2) is 11.8 Å². The third-order valence-electron chi connectivity index (χ3n) is 13.5. The molecule has 21 N–H and O–H groups in total. The van der Waals surface area contributed by atoms with E-state index in [4.69, 9.17) is 33.5 Å². The Morgan fingerprint density at radius 3 is 1.67 bits per heavy atom. The van der Waals surface area contributed by atoms with Gasteiger partial charge in [-0.2, -0.15) is 0 Å². The SMILES string of the molecule is C/C=C1/NC(=O)C([C@H](C)O)NC(=O)[C@H](CCN)NC(=O)C([C@H](O)C(=O)O)NC(=O)C(CCCCN)NC(=O)[C@H](CC(=O)NCCC)NC(=O)C(CCN)NC(=O)C(NC(=O)C[C@H](O)CCCCCCCCCCC)COC(=O)C([C@H](O)CCl)NC1=O. The molecule has 1 aliphatic rings. The average Bonchev–Trinajstić information content (AvgIpc) is 3.67. The lowest BCUT2D eigenvalue weighted by molar-refractivity contribution is -0.153. The van der Waals surface area contributed by atoms with Gasteiger partial charge in [-0.3, -0.25) is 47.9 Å². The number of nitrogens with one attached hydrogen (secondary N) is 10. The maximum absolute atomic E-state index is 14.3. The van der Waals surface area contributed by atoms with Crippen LogP contribution in [0, 0.1) is 0 Å². The lowest BCUT2D eigenvalue weighted by atomic mass is 10.0. The van der Waals surface area contributed by atoms with Gasteiger partial charge in [-0.25, -0.2) is 9.59 Å². The highest BCUT2D eigenvalue weighted by atomic mass is 35.5. The minimum Gasteiger partial charge on any atom is -0.479 e. The molecule has 1 saturated heterocycles. The molecule has 0 saturated carbocycles. The van der Waals surface area contributed by atoms with Crippen LogP contribution in [0.2, 0.25) is 0 Å². The van der Waals surface area contributed by atoms with Crippen molar-refractivity contribution in [1.29, 1.82) is 0 Å². The first-order valence-electron chi connectivity index (χ1n) is 29.3. The minimum absolute atomic E-state index is 0.0789. The minimum atomic E-state index is -2.74. The van der Waals surface area contributed by atoms with E-state index in [-0.39, 0.29) is 51.9 Å². The quantitative estimate of drug-likeness (QED) is 0.0139.